The first-order valence-corrected chi connectivity index (χ1v) is 8.01. The van der Waals surface area contributed by atoms with Crippen LogP contribution in [-0.2, 0) is 4.79 Å². The Morgan fingerprint density at radius 3 is 2.48 bits per heavy atom. The second-order valence-corrected chi connectivity index (χ2v) is 5.90. The molecule has 2 atom stereocenters. The zero-order chi connectivity index (χ0) is 15.8. The van der Waals surface area contributed by atoms with E-state index in [0.29, 0.717) is 19.3 Å². The number of carboxylic acid groups (broad SMARTS) is 1. The SMILES string of the molecule is CCN(CC)CCN1C[C@H](CCCB(O)O)[C@H](C(=O)O)C1. The average molecular weight is 300 g/mol. The van der Waals surface area contributed by atoms with E-state index in [4.69, 9.17) is 10.0 Å². The van der Waals surface area contributed by atoms with Crippen LogP contribution in [0.1, 0.15) is 26.7 Å². The van der Waals surface area contributed by atoms with Crippen LogP contribution in [0, 0.1) is 11.8 Å². The molecule has 3 N–H and O–H groups in total. The summed E-state index contributed by atoms with van der Waals surface area (Å²) >= 11 is 0. The van der Waals surface area contributed by atoms with Crippen molar-refractivity contribution in [1.82, 2.24) is 9.80 Å². The summed E-state index contributed by atoms with van der Waals surface area (Å²) in [7, 11) is -1.28. The van der Waals surface area contributed by atoms with Gasteiger partial charge in [0.05, 0.1) is 5.92 Å². The molecular formula is C14H29BN2O4. The van der Waals surface area contributed by atoms with E-state index in [1.54, 1.807) is 0 Å². The van der Waals surface area contributed by atoms with E-state index in [1.165, 1.54) is 0 Å². The Labute approximate surface area is 127 Å². The molecule has 0 spiro atoms. The lowest BCUT2D eigenvalue weighted by Gasteiger charge is -2.22. The first-order chi connectivity index (χ1) is 9.97. The quantitative estimate of drug-likeness (QED) is 0.500. The van der Waals surface area contributed by atoms with Crippen molar-refractivity contribution in [2.45, 2.75) is 33.0 Å². The van der Waals surface area contributed by atoms with Crippen molar-refractivity contribution in [1.29, 1.82) is 0 Å². The Hall–Kier alpha value is -0.625. The maximum absolute atomic E-state index is 11.4. The van der Waals surface area contributed by atoms with Crippen LogP contribution in [0.3, 0.4) is 0 Å². The Morgan fingerprint density at radius 1 is 1.29 bits per heavy atom. The Balaban J connectivity index is 2.42. The first kappa shape index (κ1) is 18.4. The first-order valence-electron chi connectivity index (χ1n) is 8.01. The molecule has 1 rings (SSSR count). The van der Waals surface area contributed by atoms with Crippen LogP contribution in [-0.4, -0.2) is 77.3 Å². The highest BCUT2D eigenvalue weighted by atomic mass is 16.4. The van der Waals surface area contributed by atoms with Crippen molar-refractivity contribution >= 4 is 13.1 Å². The van der Waals surface area contributed by atoms with E-state index >= 15 is 0 Å². The van der Waals surface area contributed by atoms with Crippen molar-refractivity contribution in [3.63, 3.8) is 0 Å². The molecule has 0 unspecified atom stereocenters. The van der Waals surface area contributed by atoms with Crippen LogP contribution in [0.25, 0.3) is 0 Å². The summed E-state index contributed by atoms with van der Waals surface area (Å²) in [5, 5.41) is 27.1. The molecule has 0 aromatic carbocycles. The van der Waals surface area contributed by atoms with Crippen molar-refractivity contribution in [2.75, 3.05) is 39.3 Å². The molecule has 21 heavy (non-hydrogen) atoms. The number of likely N-dealkylation sites (tertiary alicyclic amines) is 1. The van der Waals surface area contributed by atoms with Gasteiger partial charge >= 0.3 is 13.1 Å². The van der Waals surface area contributed by atoms with Gasteiger partial charge in [0.1, 0.15) is 0 Å². The summed E-state index contributed by atoms with van der Waals surface area (Å²) in [5.74, 6) is -0.926. The van der Waals surface area contributed by atoms with Crippen molar-refractivity contribution in [3.8, 4) is 0 Å². The van der Waals surface area contributed by atoms with Gasteiger partial charge in [-0.3, -0.25) is 4.79 Å². The van der Waals surface area contributed by atoms with Crippen LogP contribution in [0.2, 0.25) is 6.32 Å². The van der Waals surface area contributed by atoms with Crippen molar-refractivity contribution < 1.29 is 19.9 Å². The summed E-state index contributed by atoms with van der Waals surface area (Å²) in [6.07, 6.45) is 1.73. The smallest absolute Gasteiger partial charge is 0.451 e. The van der Waals surface area contributed by atoms with E-state index in [2.05, 4.69) is 23.6 Å². The summed E-state index contributed by atoms with van der Waals surface area (Å²) in [5.41, 5.74) is 0. The molecule has 1 aliphatic heterocycles. The third kappa shape index (κ3) is 6.34. The Bertz CT molecular complexity index is 313. The number of nitrogens with zero attached hydrogens (tertiary/aromatic N) is 2. The Morgan fingerprint density at radius 2 is 1.95 bits per heavy atom. The molecule has 1 saturated heterocycles. The Kier molecular flexibility index (Phi) is 8.25. The zero-order valence-electron chi connectivity index (χ0n) is 13.2. The molecular weight excluding hydrogens is 271 g/mol. The lowest BCUT2D eigenvalue weighted by Crippen LogP contribution is -2.34. The maximum Gasteiger partial charge on any atom is 0.451 e. The van der Waals surface area contributed by atoms with E-state index in [1.807, 2.05) is 0 Å². The van der Waals surface area contributed by atoms with Gasteiger partial charge in [-0.25, -0.2) is 0 Å². The van der Waals surface area contributed by atoms with Gasteiger partial charge in [0.25, 0.3) is 0 Å². The summed E-state index contributed by atoms with van der Waals surface area (Å²) in [4.78, 5) is 15.9. The van der Waals surface area contributed by atoms with Gasteiger partial charge in [-0.1, -0.05) is 20.3 Å². The molecule has 1 fully saturated rings. The van der Waals surface area contributed by atoms with Gasteiger partial charge < -0.3 is 25.0 Å². The molecule has 7 heteroatoms. The van der Waals surface area contributed by atoms with Crippen LogP contribution in [0.15, 0.2) is 0 Å². The van der Waals surface area contributed by atoms with Gasteiger partial charge in [0.15, 0.2) is 0 Å². The van der Waals surface area contributed by atoms with E-state index in [9.17, 15) is 9.90 Å². The van der Waals surface area contributed by atoms with Gasteiger partial charge in [0.2, 0.25) is 0 Å². The fourth-order valence-corrected chi connectivity index (χ4v) is 3.10. The van der Waals surface area contributed by atoms with Gasteiger partial charge in [-0.05, 0) is 31.7 Å². The molecule has 0 aliphatic carbocycles. The molecule has 1 heterocycles. The van der Waals surface area contributed by atoms with Gasteiger partial charge in [0, 0.05) is 26.2 Å². The summed E-state index contributed by atoms with van der Waals surface area (Å²) < 4.78 is 0. The summed E-state index contributed by atoms with van der Waals surface area (Å²) in [6, 6.07) is 0. The molecule has 122 valence electrons. The van der Waals surface area contributed by atoms with Crippen LogP contribution >= 0.6 is 0 Å². The van der Waals surface area contributed by atoms with Crippen molar-refractivity contribution in [3.05, 3.63) is 0 Å². The summed E-state index contributed by atoms with van der Waals surface area (Å²) in [6.45, 7) is 9.61. The van der Waals surface area contributed by atoms with Crippen LogP contribution < -0.4 is 0 Å². The second-order valence-electron chi connectivity index (χ2n) is 5.90. The number of carboxylic acids is 1. The van der Waals surface area contributed by atoms with Crippen LogP contribution in [0.5, 0.6) is 0 Å². The van der Waals surface area contributed by atoms with Gasteiger partial charge in [-0.2, -0.15) is 0 Å². The van der Waals surface area contributed by atoms with Crippen LogP contribution in [0.4, 0.5) is 0 Å². The number of likely N-dealkylation sites (N-methyl/N-ethyl adjacent to an activating group) is 1. The molecule has 6 nitrogen and oxygen atoms in total. The highest BCUT2D eigenvalue weighted by Gasteiger charge is 2.37. The van der Waals surface area contributed by atoms with Gasteiger partial charge in [-0.15, -0.1) is 0 Å². The number of carbonyl (C=O) groups is 1. The highest BCUT2D eigenvalue weighted by molar-refractivity contribution is 6.40. The maximum atomic E-state index is 11.4. The predicted molar refractivity (Wildman–Crippen MR) is 83.1 cm³/mol. The predicted octanol–water partition coefficient (Wildman–Crippen LogP) is 0.214. The second kappa shape index (κ2) is 9.40. The van der Waals surface area contributed by atoms with Crippen molar-refractivity contribution in [2.24, 2.45) is 11.8 Å². The monoisotopic (exact) mass is 300 g/mol. The lowest BCUT2D eigenvalue weighted by molar-refractivity contribution is -0.142. The molecule has 0 amide bonds. The molecule has 0 bridgehead atoms. The third-order valence-electron chi connectivity index (χ3n) is 4.50. The fourth-order valence-electron chi connectivity index (χ4n) is 3.10. The number of hydrogen-bond acceptors (Lipinski definition) is 5. The molecule has 0 radical (unpaired) electrons. The molecule has 0 aromatic heterocycles. The molecule has 0 aromatic rings. The minimum atomic E-state index is -1.28. The standard InChI is InChI=1S/C14H29BN2O4/c1-3-16(4-2)8-9-17-10-12(6-5-7-15(20)21)13(11-17)14(18)19/h12-13,20-21H,3-11H2,1-2H3,(H,18,19)/t12-,13+/m0/s1. The average Bonchev–Trinajstić information content (AvgIpc) is 2.83. The topological polar surface area (TPSA) is 84.2 Å². The van der Waals surface area contributed by atoms with E-state index < -0.39 is 13.1 Å². The van der Waals surface area contributed by atoms with E-state index in [0.717, 1.165) is 39.1 Å². The number of hydrogen-bond donors (Lipinski definition) is 3. The third-order valence-corrected chi connectivity index (χ3v) is 4.50. The van der Waals surface area contributed by atoms with E-state index in [-0.39, 0.29) is 11.8 Å². The largest absolute Gasteiger partial charge is 0.481 e. The lowest BCUT2D eigenvalue weighted by atomic mass is 9.80. The normalized spacial score (nSPS) is 22.9. The fraction of sp³-hybridized carbons (Fsp3) is 0.929. The minimum Gasteiger partial charge on any atom is -0.481 e. The number of rotatable bonds is 10. The number of aliphatic carboxylic acids is 1. The molecule has 1 aliphatic rings. The minimum absolute atomic E-state index is 0.123. The highest BCUT2D eigenvalue weighted by Crippen LogP contribution is 2.28. The molecule has 0 saturated carbocycles. The zero-order valence-corrected chi connectivity index (χ0v) is 13.2.